The monoisotopic (exact) mass is 810 g/mol. The van der Waals surface area contributed by atoms with E-state index in [0.29, 0.717) is 24.3 Å². The van der Waals surface area contributed by atoms with E-state index in [4.69, 9.17) is 33.2 Å². The molecule has 3 aliphatic rings. The number of rotatable bonds is 19. The highest BCUT2D eigenvalue weighted by Gasteiger charge is 2.53. The Kier molecular flexibility index (Phi) is 17.3. The van der Waals surface area contributed by atoms with Crippen LogP contribution in [0.3, 0.4) is 0 Å². The van der Waals surface area contributed by atoms with Crippen LogP contribution in [0.5, 0.6) is 5.75 Å². The molecule has 15 atom stereocenters. The van der Waals surface area contributed by atoms with Crippen molar-refractivity contribution in [2.45, 2.75) is 118 Å². The maximum absolute atomic E-state index is 12.5. The van der Waals surface area contributed by atoms with Crippen molar-refractivity contribution < 1.29 is 89.0 Å². The van der Waals surface area contributed by atoms with Crippen LogP contribution >= 0.6 is 0 Å². The molecule has 0 aliphatic carbocycles. The molecule has 10 N–H and O–H groups in total. The van der Waals surface area contributed by atoms with Gasteiger partial charge in [-0.15, -0.1) is 0 Å². The quantitative estimate of drug-likeness (QED) is 0.0417. The molecule has 18 heteroatoms. The zero-order valence-electron chi connectivity index (χ0n) is 31.1. The first-order valence-corrected chi connectivity index (χ1v) is 19.0. The van der Waals surface area contributed by atoms with Gasteiger partial charge in [-0.05, 0) is 55.2 Å². The molecular formula is C39H54O18. The minimum absolute atomic E-state index is 0.110. The minimum Gasteiger partial charge on any atom is -0.494 e. The van der Waals surface area contributed by atoms with Crippen LogP contribution in [0.1, 0.15) is 41.6 Å². The Labute approximate surface area is 329 Å². The maximum atomic E-state index is 12.5. The van der Waals surface area contributed by atoms with Crippen molar-refractivity contribution in [3.63, 3.8) is 0 Å². The number of allylic oxidation sites excluding steroid dienone is 1. The zero-order chi connectivity index (χ0) is 41.1. The number of unbranched alkanes of at least 4 members (excludes halogenated alkanes) is 3. The SMILES string of the molecule is O=C(/C=C/c1ccccc1)c1ccc(OCCCCCCO[C@@H]2O[C@H](CO)[C@@H](O[C@H]3O[C@@H](CO)[C@@H](O[C@H]4O[C@H](CO)[C@H](O)[C@H](O)[C@H]4O)[C@@H](O)[C@@H]3O)[C@H](O)[C@H]2O)cc1. The van der Waals surface area contributed by atoms with Gasteiger partial charge in [-0.3, -0.25) is 4.79 Å². The summed E-state index contributed by atoms with van der Waals surface area (Å²) in [5.74, 6) is 0.532. The first-order valence-electron chi connectivity index (χ1n) is 19.0. The fraction of sp³-hybridized carbons (Fsp3) is 0.615. The molecule has 2 aromatic rings. The molecule has 0 aromatic heterocycles. The summed E-state index contributed by atoms with van der Waals surface area (Å²) >= 11 is 0. The number of ether oxygens (including phenoxy) is 7. The summed E-state index contributed by atoms with van der Waals surface area (Å²) in [5.41, 5.74) is 1.49. The highest BCUT2D eigenvalue weighted by molar-refractivity contribution is 6.06. The molecule has 0 radical (unpaired) electrons. The van der Waals surface area contributed by atoms with Gasteiger partial charge in [-0.25, -0.2) is 0 Å². The Morgan fingerprint density at radius 1 is 0.561 bits per heavy atom. The molecule has 57 heavy (non-hydrogen) atoms. The Morgan fingerprint density at radius 3 is 1.65 bits per heavy atom. The highest BCUT2D eigenvalue weighted by Crippen LogP contribution is 2.32. The van der Waals surface area contributed by atoms with E-state index < -0.39 is 112 Å². The lowest BCUT2D eigenvalue weighted by Crippen LogP contribution is -2.66. The van der Waals surface area contributed by atoms with Crippen LogP contribution in [0, 0.1) is 0 Å². The number of benzene rings is 2. The van der Waals surface area contributed by atoms with E-state index in [1.807, 2.05) is 30.3 Å². The van der Waals surface area contributed by atoms with Crippen molar-refractivity contribution in [2.24, 2.45) is 0 Å². The van der Waals surface area contributed by atoms with Gasteiger partial charge >= 0.3 is 0 Å². The third-order valence-electron chi connectivity index (χ3n) is 10.0. The lowest BCUT2D eigenvalue weighted by atomic mass is 9.96. The normalized spacial score (nSPS) is 36.0. The van der Waals surface area contributed by atoms with Crippen LogP contribution in [0.4, 0.5) is 0 Å². The van der Waals surface area contributed by atoms with E-state index in [0.717, 1.165) is 24.8 Å². The summed E-state index contributed by atoms with van der Waals surface area (Å²) in [6, 6.07) is 16.5. The molecule has 0 saturated carbocycles. The van der Waals surface area contributed by atoms with Gasteiger partial charge < -0.3 is 84.2 Å². The van der Waals surface area contributed by atoms with Crippen molar-refractivity contribution in [3.8, 4) is 5.75 Å². The largest absolute Gasteiger partial charge is 0.494 e. The van der Waals surface area contributed by atoms with E-state index in [1.54, 1.807) is 30.3 Å². The van der Waals surface area contributed by atoms with E-state index in [9.17, 15) is 55.9 Å². The third kappa shape index (κ3) is 11.6. The van der Waals surface area contributed by atoms with Gasteiger partial charge in [0.2, 0.25) is 0 Å². The predicted octanol–water partition coefficient (Wildman–Crippen LogP) is -2.01. The molecule has 0 unspecified atom stereocenters. The summed E-state index contributed by atoms with van der Waals surface area (Å²) in [6.45, 7) is -1.68. The van der Waals surface area contributed by atoms with Crippen molar-refractivity contribution in [2.75, 3.05) is 33.0 Å². The fourth-order valence-corrected chi connectivity index (χ4v) is 6.68. The van der Waals surface area contributed by atoms with Crippen molar-refractivity contribution >= 4 is 11.9 Å². The Hall–Kier alpha value is -2.99. The number of ketones is 1. The summed E-state index contributed by atoms with van der Waals surface area (Å²) in [4.78, 5) is 12.5. The lowest BCUT2D eigenvalue weighted by molar-refractivity contribution is -0.379. The molecule has 3 heterocycles. The van der Waals surface area contributed by atoms with Crippen LogP contribution in [0.15, 0.2) is 60.7 Å². The number of carbonyl (C=O) groups is 1. The number of aliphatic hydroxyl groups is 10. The van der Waals surface area contributed by atoms with Gasteiger partial charge in [-0.1, -0.05) is 42.8 Å². The van der Waals surface area contributed by atoms with E-state index in [2.05, 4.69) is 0 Å². The summed E-state index contributed by atoms with van der Waals surface area (Å²) in [5, 5.41) is 103. The Morgan fingerprint density at radius 2 is 1.07 bits per heavy atom. The van der Waals surface area contributed by atoms with Gasteiger partial charge in [0, 0.05) is 12.2 Å². The molecule has 3 aliphatic heterocycles. The maximum Gasteiger partial charge on any atom is 0.187 e. The molecule has 2 aromatic carbocycles. The summed E-state index contributed by atoms with van der Waals surface area (Å²) in [6.07, 6.45) is -18.3. The van der Waals surface area contributed by atoms with Gasteiger partial charge in [0.1, 0.15) is 79.0 Å². The van der Waals surface area contributed by atoms with E-state index in [1.165, 1.54) is 6.08 Å². The Bertz CT molecular complexity index is 1510. The van der Waals surface area contributed by atoms with Crippen LogP contribution in [0.2, 0.25) is 0 Å². The van der Waals surface area contributed by atoms with Crippen LogP contribution < -0.4 is 4.74 Å². The lowest BCUT2D eigenvalue weighted by Gasteiger charge is -2.48. The molecule has 0 bridgehead atoms. The van der Waals surface area contributed by atoms with Gasteiger partial charge in [-0.2, -0.15) is 0 Å². The highest BCUT2D eigenvalue weighted by atomic mass is 16.8. The predicted molar refractivity (Wildman–Crippen MR) is 195 cm³/mol. The molecule has 3 fully saturated rings. The zero-order valence-corrected chi connectivity index (χ0v) is 31.1. The molecule has 318 valence electrons. The van der Waals surface area contributed by atoms with Gasteiger partial charge in [0.15, 0.2) is 24.7 Å². The average molecular weight is 811 g/mol. The second-order valence-electron chi connectivity index (χ2n) is 14.1. The standard InChI is InChI=1S/C39H54O18/c40-18-25-28(44)29(45)32(48)38(53-25)56-36-27(20-42)55-39(34(50)31(36)47)57-35-26(19-41)54-37(33(49)30(35)46)52-17-7-2-1-6-16-51-23-13-11-22(12-14-23)24(43)15-10-21-8-4-3-5-9-21/h3-5,8-15,25-42,44-50H,1-2,6-7,16-20H2/b15-10+/t25-,26-,27+,28+,29+,30-,31+,32-,33-,34+,35-,36-,37-,38-,39-/m1/s1. The number of aliphatic hydroxyl groups excluding tert-OH is 10. The average Bonchev–Trinajstić information content (AvgIpc) is 3.23. The number of carbonyl (C=O) groups excluding carboxylic acids is 1. The fourth-order valence-electron chi connectivity index (χ4n) is 6.68. The topological polar surface area (TPSA) is 284 Å². The van der Waals surface area contributed by atoms with Gasteiger partial charge in [0.05, 0.1) is 26.4 Å². The van der Waals surface area contributed by atoms with Crippen molar-refractivity contribution in [1.82, 2.24) is 0 Å². The third-order valence-corrected chi connectivity index (χ3v) is 10.0. The molecule has 5 rings (SSSR count). The molecule has 0 amide bonds. The molecule has 0 spiro atoms. The molecular weight excluding hydrogens is 756 g/mol. The van der Waals surface area contributed by atoms with Crippen LogP contribution in [-0.2, 0) is 28.4 Å². The van der Waals surface area contributed by atoms with Crippen LogP contribution in [-0.4, -0.2) is 182 Å². The minimum atomic E-state index is -1.92. The molecule has 3 saturated heterocycles. The first kappa shape index (κ1) is 45.1. The number of hydrogen-bond acceptors (Lipinski definition) is 18. The van der Waals surface area contributed by atoms with Crippen LogP contribution in [0.25, 0.3) is 6.08 Å². The summed E-state index contributed by atoms with van der Waals surface area (Å²) < 4.78 is 39.3. The number of hydrogen-bond donors (Lipinski definition) is 10. The second kappa shape index (κ2) is 21.9. The smallest absolute Gasteiger partial charge is 0.187 e. The van der Waals surface area contributed by atoms with E-state index >= 15 is 0 Å². The first-order chi connectivity index (χ1) is 27.5. The summed E-state index contributed by atoms with van der Waals surface area (Å²) in [7, 11) is 0. The Balaban J connectivity index is 1.01. The van der Waals surface area contributed by atoms with Crippen molar-refractivity contribution in [1.29, 1.82) is 0 Å². The van der Waals surface area contributed by atoms with Crippen molar-refractivity contribution in [3.05, 3.63) is 71.8 Å². The molecule has 18 nitrogen and oxygen atoms in total. The van der Waals surface area contributed by atoms with E-state index in [-0.39, 0.29) is 12.4 Å². The second-order valence-corrected chi connectivity index (χ2v) is 14.1. The van der Waals surface area contributed by atoms with Gasteiger partial charge in [0.25, 0.3) is 0 Å².